The molecule has 0 aliphatic carbocycles. The van der Waals surface area contributed by atoms with Gasteiger partial charge in [0.2, 0.25) is 0 Å². The first-order valence-corrected chi connectivity index (χ1v) is 6.34. The lowest BCUT2D eigenvalue weighted by Gasteiger charge is -2.10. The summed E-state index contributed by atoms with van der Waals surface area (Å²) in [6, 6.07) is 8.33. The van der Waals surface area contributed by atoms with Crippen LogP contribution in [0.2, 0.25) is 0 Å². The molecule has 0 radical (unpaired) electrons. The fourth-order valence-electron chi connectivity index (χ4n) is 1.76. The lowest BCUT2D eigenvalue weighted by molar-refractivity contribution is 0.698. The van der Waals surface area contributed by atoms with Gasteiger partial charge in [0.1, 0.15) is 5.69 Å². The number of hydrogen-bond donors (Lipinski definition) is 1. The zero-order chi connectivity index (χ0) is 12.4. The SMILES string of the molecule is CCC(N)c1ccc(-c2c(Br)nnn2C)cc1. The molecule has 0 saturated heterocycles. The second kappa shape index (κ2) is 4.98. The average Bonchev–Trinajstić information content (AvgIpc) is 2.68. The van der Waals surface area contributed by atoms with Crippen LogP contribution in [-0.2, 0) is 7.05 Å². The van der Waals surface area contributed by atoms with Gasteiger partial charge in [0.05, 0.1) is 0 Å². The second-order valence-corrected chi connectivity index (χ2v) is 4.74. The van der Waals surface area contributed by atoms with E-state index in [-0.39, 0.29) is 6.04 Å². The Hall–Kier alpha value is -1.20. The Morgan fingerprint density at radius 2 is 2.00 bits per heavy atom. The van der Waals surface area contributed by atoms with Crippen LogP contribution >= 0.6 is 15.9 Å². The van der Waals surface area contributed by atoms with E-state index in [2.05, 4.69) is 45.3 Å². The summed E-state index contributed by atoms with van der Waals surface area (Å²) in [5.41, 5.74) is 9.19. The highest BCUT2D eigenvalue weighted by Gasteiger charge is 2.11. The van der Waals surface area contributed by atoms with Crippen LogP contribution in [0.4, 0.5) is 0 Å². The molecule has 0 aliphatic rings. The summed E-state index contributed by atoms with van der Waals surface area (Å²) < 4.78 is 2.51. The van der Waals surface area contributed by atoms with Crippen molar-refractivity contribution in [2.45, 2.75) is 19.4 Å². The highest BCUT2D eigenvalue weighted by molar-refractivity contribution is 9.10. The third kappa shape index (κ3) is 2.40. The van der Waals surface area contributed by atoms with Crippen LogP contribution < -0.4 is 5.73 Å². The third-order valence-corrected chi connectivity index (χ3v) is 3.37. The summed E-state index contributed by atoms with van der Waals surface area (Å²) in [6.07, 6.45) is 0.941. The van der Waals surface area contributed by atoms with Crippen LogP contribution in [0, 0.1) is 0 Å². The molecule has 17 heavy (non-hydrogen) atoms. The standard InChI is InChI=1S/C12H15BrN4/c1-3-10(14)8-4-6-9(7-5-8)11-12(13)15-16-17(11)2/h4-7,10H,3,14H2,1-2H3. The number of hydrogen-bond acceptors (Lipinski definition) is 3. The molecule has 1 unspecified atom stereocenters. The van der Waals surface area contributed by atoms with Crippen molar-refractivity contribution in [2.75, 3.05) is 0 Å². The molecule has 2 aromatic rings. The van der Waals surface area contributed by atoms with Crippen molar-refractivity contribution < 1.29 is 0 Å². The molecule has 0 aliphatic heterocycles. The molecule has 90 valence electrons. The van der Waals surface area contributed by atoms with E-state index in [1.165, 1.54) is 0 Å². The Kier molecular flexibility index (Phi) is 3.59. The third-order valence-electron chi connectivity index (χ3n) is 2.84. The van der Waals surface area contributed by atoms with Crippen LogP contribution in [0.5, 0.6) is 0 Å². The first-order valence-electron chi connectivity index (χ1n) is 5.54. The van der Waals surface area contributed by atoms with Gasteiger partial charge in [0.25, 0.3) is 0 Å². The quantitative estimate of drug-likeness (QED) is 0.947. The Morgan fingerprint density at radius 3 is 2.47 bits per heavy atom. The smallest absolute Gasteiger partial charge is 0.156 e. The normalized spacial score (nSPS) is 12.7. The molecule has 2 rings (SSSR count). The van der Waals surface area contributed by atoms with Gasteiger partial charge in [0, 0.05) is 18.7 Å². The summed E-state index contributed by atoms with van der Waals surface area (Å²) in [7, 11) is 1.87. The Bertz CT molecular complexity index is 484. The zero-order valence-electron chi connectivity index (χ0n) is 9.89. The fourth-order valence-corrected chi connectivity index (χ4v) is 2.32. The van der Waals surface area contributed by atoms with Crippen LogP contribution in [-0.4, -0.2) is 15.0 Å². The summed E-state index contributed by atoms with van der Waals surface area (Å²) >= 11 is 3.40. The Morgan fingerprint density at radius 1 is 1.35 bits per heavy atom. The van der Waals surface area contributed by atoms with Gasteiger partial charge in [-0.1, -0.05) is 36.4 Å². The fraction of sp³-hybridized carbons (Fsp3) is 0.333. The van der Waals surface area contributed by atoms with Gasteiger partial charge in [-0.25, -0.2) is 4.68 Å². The number of nitrogens with two attached hydrogens (primary N) is 1. The topological polar surface area (TPSA) is 56.7 Å². The maximum Gasteiger partial charge on any atom is 0.156 e. The van der Waals surface area contributed by atoms with Crippen molar-refractivity contribution in [3.63, 3.8) is 0 Å². The first kappa shape index (κ1) is 12.3. The van der Waals surface area contributed by atoms with E-state index in [0.717, 1.165) is 27.8 Å². The van der Waals surface area contributed by atoms with Crippen molar-refractivity contribution in [3.05, 3.63) is 34.4 Å². The molecule has 5 heteroatoms. The molecule has 1 aromatic carbocycles. The molecule has 0 bridgehead atoms. The minimum Gasteiger partial charge on any atom is -0.324 e. The minimum absolute atomic E-state index is 0.108. The van der Waals surface area contributed by atoms with Crippen molar-refractivity contribution in [1.29, 1.82) is 0 Å². The van der Waals surface area contributed by atoms with E-state index >= 15 is 0 Å². The van der Waals surface area contributed by atoms with Crippen molar-refractivity contribution >= 4 is 15.9 Å². The van der Waals surface area contributed by atoms with Gasteiger partial charge < -0.3 is 5.73 Å². The number of rotatable bonds is 3. The van der Waals surface area contributed by atoms with E-state index in [1.807, 2.05) is 19.2 Å². The summed E-state index contributed by atoms with van der Waals surface area (Å²) in [4.78, 5) is 0. The molecule has 0 saturated carbocycles. The van der Waals surface area contributed by atoms with Gasteiger partial charge >= 0.3 is 0 Å². The molecule has 0 spiro atoms. The minimum atomic E-state index is 0.108. The van der Waals surface area contributed by atoms with E-state index in [9.17, 15) is 0 Å². The number of benzene rings is 1. The van der Waals surface area contributed by atoms with E-state index < -0.39 is 0 Å². The molecule has 2 N–H and O–H groups in total. The summed E-state index contributed by atoms with van der Waals surface area (Å²) in [5.74, 6) is 0. The Balaban J connectivity index is 2.36. The average molecular weight is 295 g/mol. The molecular weight excluding hydrogens is 280 g/mol. The van der Waals surface area contributed by atoms with Crippen LogP contribution in [0.25, 0.3) is 11.3 Å². The van der Waals surface area contributed by atoms with E-state index in [1.54, 1.807) is 4.68 Å². The van der Waals surface area contributed by atoms with Crippen molar-refractivity contribution in [1.82, 2.24) is 15.0 Å². The van der Waals surface area contributed by atoms with Gasteiger partial charge in [-0.15, -0.1) is 5.10 Å². The maximum absolute atomic E-state index is 5.98. The molecule has 0 fully saturated rings. The van der Waals surface area contributed by atoms with Crippen LogP contribution in [0.1, 0.15) is 24.9 Å². The second-order valence-electron chi connectivity index (χ2n) is 3.99. The van der Waals surface area contributed by atoms with Gasteiger partial charge in [-0.2, -0.15) is 0 Å². The maximum atomic E-state index is 5.98. The van der Waals surface area contributed by atoms with E-state index in [4.69, 9.17) is 5.73 Å². The number of halogens is 1. The van der Waals surface area contributed by atoms with Crippen molar-refractivity contribution in [3.8, 4) is 11.3 Å². The monoisotopic (exact) mass is 294 g/mol. The molecule has 1 atom stereocenters. The van der Waals surface area contributed by atoms with Gasteiger partial charge in [0.15, 0.2) is 4.60 Å². The van der Waals surface area contributed by atoms with Crippen molar-refractivity contribution in [2.24, 2.45) is 12.8 Å². The molecule has 1 aromatic heterocycles. The van der Waals surface area contributed by atoms with Gasteiger partial charge in [-0.3, -0.25) is 0 Å². The predicted molar refractivity (Wildman–Crippen MR) is 71.4 cm³/mol. The Labute approximate surface area is 109 Å². The molecule has 4 nitrogen and oxygen atoms in total. The lowest BCUT2D eigenvalue weighted by Crippen LogP contribution is -2.08. The highest BCUT2D eigenvalue weighted by atomic mass is 79.9. The number of aryl methyl sites for hydroxylation is 1. The van der Waals surface area contributed by atoms with E-state index in [0.29, 0.717) is 0 Å². The summed E-state index contributed by atoms with van der Waals surface area (Å²) in [5, 5.41) is 7.93. The number of aromatic nitrogens is 3. The predicted octanol–water partition coefficient (Wildman–Crippen LogP) is 2.65. The molecular formula is C12H15BrN4. The largest absolute Gasteiger partial charge is 0.324 e. The first-order chi connectivity index (χ1) is 8.13. The zero-order valence-corrected chi connectivity index (χ0v) is 11.5. The van der Waals surface area contributed by atoms with Crippen LogP contribution in [0.3, 0.4) is 0 Å². The number of nitrogens with zero attached hydrogens (tertiary/aromatic N) is 3. The summed E-state index contributed by atoms with van der Waals surface area (Å²) in [6.45, 7) is 2.08. The molecule has 1 heterocycles. The lowest BCUT2D eigenvalue weighted by atomic mass is 10.0. The molecule has 0 amide bonds. The van der Waals surface area contributed by atoms with Crippen LogP contribution in [0.15, 0.2) is 28.9 Å². The highest BCUT2D eigenvalue weighted by Crippen LogP contribution is 2.26. The van der Waals surface area contributed by atoms with Gasteiger partial charge in [-0.05, 0) is 27.9 Å².